The van der Waals surface area contributed by atoms with E-state index in [0.717, 1.165) is 46.2 Å². The molecule has 0 radical (unpaired) electrons. The fraction of sp³-hybridized carbons (Fsp3) is 0.154. The van der Waals surface area contributed by atoms with Crippen molar-refractivity contribution >= 4 is 56.4 Å². The predicted molar refractivity (Wildman–Crippen MR) is 139 cm³/mol. The molecule has 8 heteroatoms. The Hall–Kier alpha value is -3.62. The summed E-state index contributed by atoms with van der Waals surface area (Å²) in [6.07, 6.45) is 2.78. The van der Waals surface area contributed by atoms with Gasteiger partial charge >= 0.3 is 5.97 Å². The second kappa shape index (κ2) is 9.32. The van der Waals surface area contributed by atoms with Crippen molar-refractivity contribution in [1.82, 2.24) is 10.3 Å². The highest BCUT2D eigenvalue weighted by Crippen LogP contribution is 2.39. The fourth-order valence-corrected chi connectivity index (χ4v) is 5.78. The van der Waals surface area contributed by atoms with Crippen LogP contribution in [0.1, 0.15) is 37.6 Å². The molecule has 2 N–H and O–H groups in total. The third-order valence-corrected chi connectivity index (χ3v) is 7.21. The van der Waals surface area contributed by atoms with Gasteiger partial charge in [-0.25, -0.2) is 9.78 Å². The molecule has 4 aromatic rings. The molecule has 2 heterocycles. The average molecular weight is 488 g/mol. The lowest BCUT2D eigenvalue weighted by atomic mass is 10.0. The third-order valence-electron chi connectivity index (χ3n) is 5.80. The fourth-order valence-electron chi connectivity index (χ4n) is 4.24. The Morgan fingerprint density at radius 3 is 2.62 bits per heavy atom. The molecule has 170 valence electrons. The highest BCUT2D eigenvalue weighted by Gasteiger charge is 2.28. The summed E-state index contributed by atoms with van der Waals surface area (Å²) in [7, 11) is 1.37. The van der Waals surface area contributed by atoms with E-state index in [0.29, 0.717) is 21.8 Å². The summed E-state index contributed by atoms with van der Waals surface area (Å²) in [5, 5.41) is 7.28. The van der Waals surface area contributed by atoms with Gasteiger partial charge < -0.3 is 10.1 Å². The summed E-state index contributed by atoms with van der Waals surface area (Å²) in [5.74, 6) is -0.749. The van der Waals surface area contributed by atoms with Crippen LogP contribution in [-0.4, -0.2) is 29.1 Å². The zero-order valence-corrected chi connectivity index (χ0v) is 20.0. The Balaban J connectivity index is 1.44. The Labute approximate surface area is 206 Å². The van der Waals surface area contributed by atoms with Crippen LogP contribution >= 0.6 is 23.6 Å². The number of carbonyl (C=O) groups is 2. The predicted octanol–water partition coefficient (Wildman–Crippen LogP) is 5.37. The normalized spacial score (nSPS) is 12.3. The maximum atomic E-state index is 13.3. The van der Waals surface area contributed by atoms with Gasteiger partial charge in [-0.05, 0) is 49.2 Å². The van der Waals surface area contributed by atoms with Gasteiger partial charge in [0.25, 0.3) is 5.91 Å². The number of hydrogen-bond acceptors (Lipinski definition) is 6. The summed E-state index contributed by atoms with van der Waals surface area (Å²) in [4.78, 5) is 31.6. The molecule has 1 aliphatic carbocycles. The van der Waals surface area contributed by atoms with Crippen LogP contribution in [0.4, 0.5) is 5.00 Å². The first-order valence-electron chi connectivity index (χ1n) is 10.9. The number of fused-ring (bicyclic) bond motifs is 2. The minimum Gasteiger partial charge on any atom is -0.465 e. The van der Waals surface area contributed by atoms with Crippen molar-refractivity contribution in [2.24, 2.45) is 0 Å². The zero-order chi connectivity index (χ0) is 23.7. The van der Waals surface area contributed by atoms with E-state index in [9.17, 15) is 9.59 Å². The van der Waals surface area contributed by atoms with Gasteiger partial charge in [-0.1, -0.05) is 48.5 Å². The molecule has 0 spiro atoms. The van der Waals surface area contributed by atoms with E-state index in [1.807, 2.05) is 54.6 Å². The zero-order valence-electron chi connectivity index (χ0n) is 18.4. The summed E-state index contributed by atoms with van der Waals surface area (Å²) >= 11 is 6.93. The van der Waals surface area contributed by atoms with E-state index < -0.39 is 5.97 Å². The molecular weight excluding hydrogens is 466 g/mol. The minimum absolute atomic E-state index is 0.122. The number of benzene rings is 2. The van der Waals surface area contributed by atoms with Crippen LogP contribution in [0.25, 0.3) is 22.2 Å². The molecule has 0 bridgehead atoms. The highest BCUT2D eigenvalue weighted by molar-refractivity contribution is 7.80. The highest BCUT2D eigenvalue weighted by atomic mass is 32.1. The van der Waals surface area contributed by atoms with Crippen molar-refractivity contribution < 1.29 is 14.3 Å². The number of nitrogens with zero attached hydrogens (tertiary/aromatic N) is 1. The quantitative estimate of drug-likeness (QED) is 0.298. The second-order valence-electron chi connectivity index (χ2n) is 7.90. The number of methoxy groups -OCH3 is 1. The molecule has 0 saturated carbocycles. The van der Waals surface area contributed by atoms with Gasteiger partial charge in [0.15, 0.2) is 5.11 Å². The number of thiophene rings is 1. The Bertz CT molecular complexity index is 1430. The maximum absolute atomic E-state index is 13.3. The van der Waals surface area contributed by atoms with E-state index in [4.69, 9.17) is 21.9 Å². The third kappa shape index (κ3) is 4.18. The number of ether oxygens (including phenoxy) is 1. The molecule has 0 fully saturated rings. The lowest BCUT2D eigenvalue weighted by Gasteiger charge is -2.13. The van der Waals surface area contributed by atoms with E-state index >= 15 is 0 Å². The number of para-hydroxylation sites is 1. The number of aromatic nitrogens is 1. The van der Waals surface area contributed by atoms with Crippen LogP contribution in [0.5, 0.6) is 0 Å². The number of carbonyl (C=O) groups excluding carboxylic acids is 2. The number of rotatable bonds is 4. The van der Waals surface area contributed by atoms with Crippen LogP contribution in [0.15, 0.2) is 60.7 Å². The van der Waals surface area contributed by atoms with Crippen LogP contribution in [0.2, 0.25) is 0 Å². The van der Waals surface area contributed by atoms with Gasteiger partial charge in [0, 0.05) is 15.8 Å². The topological polar surface area (TPSA) is 80.3 Å². The molecule has 2 aromatic carbocycles. The van der Waals surface area contributed by atoms with Crippen molar-refractivity contribution in [3.05, 3.63) is 82.2 Å². The van der Waals surface area contributed by atoms with E-state index in [1.165, 1.54) is 18.4 Å². The number of esters is 1. The molecule has 1 amide bonds. The van der Waals surface area contributed by atoms with Crippen LogP contribution in [-0.2, 0) is 17.6 Å². The summed E-state index contributed by atoms with van der Waals surface area (Å²) in [6, 6.07) is 19.0. The number of amides is 1. The molecule has 6 nitrogen and oxygen atoms in total. The minimum atomic E-state index is -0.399. The lowest BCUT2D eigenvalue weighted by molar-refractivity contribution is 0.0601. The van der Waals surface area contributed by atoms with Gasteiger partial charge in [0.05, 0.1) is 29.4 Å². The standard InChI is InChI=1S/C26H21N3O3S2/c1-32-25(31)22-17-11-7-13-21(17)34-24(22)29-26(33)28-23(30)18-14-20(15-8-3-2-4-9-15)27-19-12-6-5-10-16(18)19/h2-6,8-10,12,14H,7,11,13H2,1H3,(H2,28,29,30,33). The number of pyridine rings is 1. The van der Waals surface area contributed by atoms with E-state index in [1.54, 1.807) is 6.07 Å². The van der Waals surface area contributed by atoms with Gasteiger partial charge in [-0.2, -0.15) is 0 Å². The van der Waals surface area contributed by atoms with Gasteiger partial charge in [0.2, 0.25) is 0 Å². The van der Waals surface area contributed by atoms with Crippen LogP contribution in [0.3, 0.4) is 0 Å². The molecule has 0 saturated heterocycles. The van der Waals surface area contributed by atoms with Crippen LogP contribution in [0, 0.1) is 0 Å². The first-order chi connectivity index (χ1) is 16.5. The first-order valence-corrected chi connectivity index (χ1v) is 12.1. The summed E-state index contributed by atoms with van der Waals surface area (Å²) < 4.78 is 4.99. The molecular formula is C26H21N3O3S2. The van der Waals surface area contributed by atoms with E-state index in [2.05, 4.69) is 10.6 Å². The second-order valence-corrected chi connectivity index (χ2v) is 9.41. The number of thiocarbonyl (C=S) groups is 1. The van der Waals surface area contributed by atoms with Gasteiger partial charge in [-0.15, -0.1) is 11.3 Å². The summed E-state index contributed by atoms with van der Waals surface area (Å²) in [5.41, 5.74) is 4.33. The number of hydrogen-bond donors (Lipinski definition) is 2. The molecule has 1 aliphatic rings. The van der Waals surface area contributed by atoms with Crippen molar-refractivity contribution in [3.63, 3.8) is 0 Å². The largest absolute Gasteiger partial charge is 0.465 e. The Morgan fingerprint density at radius 2 is 1.82 bits per heavy atom. The Kier molecular flexibility index (Phi) is 6.08. The monoisotopic (exact) mass is 487 g/mol. The summed E-state index contributed by atoms with van der Waals surface area (Å²) in [6.45, 7) is 0. The molecule has 0 unspecified atom stereocenters. The van der Waals surface area contributed by atoms with Gasteiger partial charge in [-0.3, -0.25) is 10.1 Å². The smallest absolute Gasteiger partial charge is 0.341 e. The number of anilines is 1. The van der Waals surface area contributed by atoms with Crippen molar-refractivity contribution in [3.8, 4) is 11.3 Å². The lowest BCUT2D eigenvalue weighted by Crippen LogP contribution is -2.34. The number of aryl methyl sites for hydroxylation is 1. The Morgan fingerprint density at radius 1 is 1.06 bits per heavy atom. The molecule has 0 aliphatic heterocycles. The number of nitrogens with one attached hydrogen (secondary N) is 2. The van der Waals surface area contributed by atoms with Crippen LogP contribution < -0.4 is 10.6 Å². The first kappa shape index (κ1) is 22.2. The van der Waals surface area contributed by atoms with Crippen molar-refractivity contribution in [2.45, 2.75) is 19.3 Å². The maximum Gasteiger partial charge on any atom is 0.341 e. The molecule has 0 atom stereocenters. The SMILES string of the molecule is COC(=O)c1c(NC(=S)NC(=O)c2cc(-c3ccccc3)nc3ccccc23)sc2c1CCC2. The van der Waals surface area contributed by atoms with Crippen molar-refractivity contribution in [2.75, 3.05) is 12.4 Å². The molecule has 34 heavy (non-hydrogen) atoms. The van der Waals surface area contributed by atoms with Crippen molar-refractivity contribution in [1.29, 1.82) is 0 Å². The van der Waals surface area contributed by atoms with Gasteiger partial charge in [0.1, 0.15) is 5.00 Å². The molecule has 5 rings (SSSR count). The van der Waals surface area contributed by atoms with E-state index in [-0.39, 0.29) is 11.0 Å². The average Bonchev–Trinajstić information content (AvgIpc) is 3.44. The molecule has 2 aromatic heterocycles.